The van der Waals surface area contributed by atoms with Gasteiger partial charge in [0.2, 0.25) is 0 Å². The second-order valence-electron chi connectivity index (χ2n) is 13.3. The third kappa shape index (κ3) is 4.12. The van der Waals surface area contributed by atoms with Crippen LogP contribution in [0.5, 0.6) is 0 Å². The Morgan fingerprint density at radius 3 is 1.94 bits per heavy atom. The van der Waals surface area contributed by atoms with Crippen molar-refractivity contribution in [3.8, 4) is 5.69 Å². The molecule has 11 rings (SSSR count). The molecule has 0 N–H and O–H groups in total. The molecule has 0 fully saturated rings. The van der Waals surface area contributed by atoms with Crippen molar-refractivity contribution in [2.24, 2.45) is 0 Å². The first-order chi connectivity index (χ1) is 25.3. The van der Waals surface area contributed by atoms with Gasteiger partial charge in [-0.2, -0.15) is 0 Å². The van der Waals surface area contributed by atoms with E-state index in [1.165, 1.54) is 59.5 Å². The highest BCUT2D eigenvalue weighted by Gasteiger charge is 2.22. The SMILES string of the molecule is c1ccc(N(c2ccc3c(ccc4ccc5c(ccc6oc7ccccc7c65)c43)c2)c2cccc3c4ccccc4n(-c4ccccc4)c23)cc1. The van der Waals surface area contributed by atoms with Crippen molar-refractivity contribution >= 4 is 93.1 Å². The van der Waals surface area contributed by atoms with Crippen molar-refractivity contribution in [1.82, 2.24) is 4.57 Å². The summed E-state index contributed by atoms with van der Waals surface area (Å²) in [4.78, 5) is 2.41. The van der Waals surface area contributed by atoms with E-state index in [-0.39, 0.29) is 0 Å². The number of rotatable bonds is 4. The maximum absolute atomic E-state index is 6.27. The molecule has 0 aliphatic carbocycles. The first-order valence-electron chi connectivity index (χ1n) is 17.4. The van der Waals surface area contributed by atoms with Crippen molar-refractivity contribution in [2.75, 3.05) is 4.90 Å². The number of hydrogen-bond donors (Lipinski definition) is 0. The number of anilines is 3. The fraction of sp³-hybridized carbons (Fsp3) is 0. The molecule has 0 spiro atoms. The number of benzene rings is 9. The lowest BCUT2D eigenvalue weighted by atomic mass is 9.94. The van der Waals surface area contributed by atoms with Gasteiger partial charge in [0.25, 0.3) is 0 Å². The van der Waals surface area contributed by atoms with Gasteiger partial charge in [-0.25, -0.2) is 0 Å². The molecular weight excluding hydrogens is 621 g/mol. The summed E-state index contributed by atoms with van der Waals surface area (Å²) in [5, 5.41) is 12.2. The van der Waals surface area contributed by atoms with Gasteiger partial charge in [0.05, 0.1) is 16.7 Å². The van der Waals surface area contributed by atoms with E-state index >= 15 is 0 Å². The number of fused-ring (bicyclic) bond motifs is 12. The zero-order valence-electron chi connectivity index (χ0n) is 27.6. The van der Waals surface area contributed by atoms with Crippen LogP contribution in [0.2, 0.25) is 0 Å². The van der Waals surface area contributed by atoms with Gasteiger partial charge in [-0.3, -0.25) is 0 Å². The molecule has 0 aliphatic heterocycles. The first kappa shape index (κ1) is 28.0. The predicted molar refractivity (Wildman–Crippen MR) is 215 cm³/mol. The van der Waals surface area contributed by atoms with Crippen molar-refractivity contribution in [3.63, 3.8) is 0 Å². The second-order valence-corrected chi connectivity index (χ2v) is 13.3. The lowest BCUT2D eigenvalue weighted by Crippen LogP contribution is -2.11. The molecule has 2 aromatic heterocycles. The molecule has 2 heterocycles. The molecule has 0 amide bonds. The largest absolute Gasteiger partial charge is 0.456 e. The minimum Gasteiger partial charge on any atom is -0.456 e. The number of para-hydroxylation sites is 5. The van der Waals surface area contributed by atoms with E-state index in [9.17, 15) is 0 Å². The summed E-state index contributed by atoms with van der Waals surface area (Å²) < 4.78 is 8.68. The average Bonchev–Trinajstić information content (AvgIpc) is 3.75. The van der Waals surface area contributed by atoms with Gasteiger partial charge in [0.1, 0.15) is 11.2 Å². The number of hydrogen-bond acceptors (Lipinski definition) is 2. The molecule has 0 saturated heterocycles. The quantitative estimate of drug-likeness (QED) is 0.177. The Balaban J connectivity index is 1.19. The molecule has 238 valence electrons. The minimum atomic E-state index is 0.921. The van der Waals surface area contributed by atoms with Crippen LogP contribution in [0.4, 0.5) is 17.1 Å². The Labute approximate surface area is 293 Å². The summed E-state index contributed by atoms with van der Waals surface area (Å²) in [5.41, 5.74) is 8.68. The van der Waals surface area contributed by atoms with Crippen molar-refractivity contribution in [3.05, 3.63) is 182 Å². The maximum Gasteiger partial charge on any atom is 0.136 e. The van der Waals surface area contributed by atoms with Gasteiger partial charge in [0.15, 0.2) is 0 Å². The third-order valence-corrected chi connectivity index (χ3v) is 10.5. The van der Waals surface area contributed by atoms with Gasteiger partial charge in [-0.15, -0.1) is 0 Å². The monoisotopic (exact) mass is 650 g/mol. The van der Waals surface area contributed by atoms with E-state index < -0.39 is 0 Å². The van der Waals surface area contributed by atoms with Crippen LogP contribution < -0.4 is 4.90 Å². The molecule has 0 aliphatic rings. The van der Waals surface area contributed by atoms with E-state index in [2.05, 4.69) is 185 Å². The lowest BCUT2D eigenvalue weighted by Gasteiger charge is -2.27. The molecule has 3 heteroatoms. The van der Waals surface area contributed by atoms with Crippen LogP contribution in [0.15, 0.2) is 186 Å². The molecule has 0 unspecified atom stereocenters. The Bertz CT molecular complexity index is 3140. The highest BCUT2D eigenvalue weighted by atomic mass is 16.3. The zero-order chi connectivity index (χ0) is 33.5. The summed E-state index contributed by atoms with van der Waals surface area (Å²) in [5.74, 6) is 0. The molecular formula is C48H30N2O. The van der Waals surface area contributed by atoms with E-state index in [1.54, 1.807) is 0 Å². The van der Waals surface area contributed by atoms with Gasteiger partial charge < -0.3 is 13.9 Å². The Morgan fingerprint density at radius 2 is 1.06 bits per heavy atom. The summed E-state index contributed by atoms with van der Waals surface area (Å²) in [6, 6.07) is 65.6. The molecule has 3 nitrogen and oxygen atoms in total. The van der Waals surface area contributed by atoms with Crippen LogP contribution in [-0.2, 0) is 0 Å². The van der Waals surface area contributed by atoms with Crippen LogP contribution in [0, 0.1) is 0 Å². The van der Waals surface area contributed by atoms with Gasteiger partial charge >= 0.3 is 0 Å². The molecule has 0 saturated carbocycles. The first-order valence-corrected chi connectivity index (χ1v) is 17.4. The highest BCUT2D eigenvalue weighted by Crippen LogP contribution is 2.45. The smallest absolute Gasteiger partial charge is 0.136 e. The average molecular weight is 651 g/mol. The van der Waals surface area contributed by atoms with Crippen LogP contribution in [0.1, 0.15) is 0 Å². The van der Waals surface area contributed by atoms with Gasteiger partial charge in [-0.1, -0.05) is 115 Å². The number of nitrogens with zero attached hydrogens (tertiary/aromatic N) is 2. The Hall–Kier alpha value is -6.84. The van der Waals surface area contributed by atoms with Crippen molar-refractivity contribution in [2.45, 2.75) is 0 Å². The Kier molecular flexibility index (Phi) is 5.96. The van der Waals surface area contributed by atoms with Gasteiger partial charge in [0, 0.05) is 38.6 Å². The van der Waals surface area contributed by atoms with E-state index in [0.717, 1.165) is 39.3 Å². The fourth-order valence-electron chi connectivity index (χ4n) is 8.35. The standard InChI is InChI=1S/C48H30N2O/c1-3-12-33(13-4-1)49(43-20-11-18-40-37-16-7-9-19-42(37)50(48(40)43)34-14-5-2-6-15-34)35-25-27-36-32(30-35)23-22-31-24-26-39-38(46(31)36)28-29-45-47(39)41-17-8-10-21-44(41)51-45/h1-30H. The fourth-order valence-corrected chi connectivity index (χ4v) is 8.35. The normalized spacial score (nSPS) is 11.9. The van der Waals surface area contributed by atoms with E-state index in [4.69, 9.17) is 4.42 Å². The van der Waals surface area contributed by atoms with E-state index in [0.29, 0.717) is 0 Å². The summed E-state index contributed by atoms with van der Waals surface area (Å²) in [7, 11) is 0. The van der Waals surface area contributed by atoms with Crippen LogP contribution in [-0.4, -0.2) is 4.57 Å². The molecule has 0 radical (unpaired) electrons. The molecule has 11 aromatic rings. The molecule has 51 heavy (non-hydrogen) atoms. The molecule has 0 bridgehead atoms. The lowest BCUT2D eigenvalue weighted by molar-refractivity contribution is 0.669. The van der Waals surface area contributed by atoms with Crippen molar-refractivity contribution < 1.29 is 4.42 Å². The number of furan rings is 1. The van der Waals surface area contributed by atoms with Gasteiger partial charge in [-0.05, 0) is 99.0 Å². The number of aromatic nitrogens is 1. The second kappa shape index (κ2) is 10.8. The topological polar surface area (TPSA) is 21.3 Å². The summed E-state index contributed by atoms with van der Waals surface area (Å²) in [6.45, 7) is 0. The summed E-state index contributed by atoms with van der Waals surface area (Å²) >= 11 is 0. The minimum absolute atomic E-state index is 0.921. The maximum atomic E-state index is 6.27. The highest BCUT2D eigenvalue weighted by molar-refractivity contribution is 6.28. The van der Waals surface area contributed by atoms with Crippen LogP contribution >= 0.6 is 0 Å². The van der Waals surface area contributed by atoms with E-state index in [1.807, 2.05) is 6.07 Å². The van der Waals surface area contributed by atoms with Crippen LogP contribution in [0.3, 0.4) is 0 Å². The van der Waals surface area contributed by atoms with Crippen molar-refractivity contribution in [1.29, 1.82) is 0 Å². The third-order valence-electron chi connectivity index (χ3n) is 10.5. The predicted octanol–water partition coefficient (Wildman–Crippen LogP) is 13.6. The summed E-state index contributed by atoms with van der Waals surface area (Å²) in [6.07, 6.45) is 0. The Morgan fingerprint density at radius 1 is 0.392 bits per heavy atom. The molecule has 9 aromatic carbocycles. The van der Waals surface area contributed by atoms with Crippen LogP contribution in [0.25, 0.3) is 81.7 Å². The zero-order valence-corrected chi connectivity index (χ0v) is 27.6. The molecule has 0 atom stereocenters.